The van der Waals surface area contributed by atoms with Crippen LogP contribution < -0.4 is 5.32 Å². The van der Waals surface area contributed by atoms with Gasteiger partial charge in [0.1, 0.15) is 17.4 Å². The first kappa shape index (κ1) is 15.2. The summed E-state index contributed by atoms with van der Waals surface area (Å²) in [5.74, 6) is 2.79. The van der Waals surface area contributed by atoms with Crippen molar-refractivity contribution in [1.29, 1.82) is 0 Å². The first-order chi connectivity index (χ1) is 11.1. The summed E-state index contributed by atoms with van der Waals surface area (Å²) >= 11 is 12.4. The fraction of sp³-hybridized carbons (Fsp3) is 0.500. The number of aromatic hydroxyl groups is 1. The number of nitrogens with zero attached hydrogens (tertiary/aromatic N) is 3. The quantitative estimate of drug-likeness (QED) is 0.871. The van der Waals surface area contributed by atoms with Gasteiger partial charge in [-0.25, -0.2) is 0 Å². The molecule has 3 heterocycles. The number of nitrogens with one attached hydrogen (secondary N) is 1. The second-order valence-corrected chi connectivity index (χ2v) is 7.09. The molecule has 2 aromatic rings. The molecular formula is C16H18Cl2N4O. The van der Waals surface area contributed by atoms with Gasteiger partial charge in [0.15, 0.2) is 0 Å². The van der Waals surface area contributed by atoms with Gasteiger partial charge in [-0.15, -0.1) is 10.2 Å². The van der Waals surface area contributed by atoms with Gasteiger partial charge in [0.25, 0.3) is 0 Å². The summed E-state index contributed by atoms with van der Waals surface area (Å²) in [6, 6.07) is 3.23. The van der Waals surface area contributed by atoms with Crippen LogP contribution in [0.4, 0.5) is 0 Å². The van der Waals surface area contributed by atoms with E-state index in [-0.39, 0.29) is 11.7 Å². The van der Waals surface area contributed by atoms with Crippen molar-refractivity contribution in [3.8, 4) is 5.75 Å². The summed E-state index contributed by atoms with van der Waals surface area (Å²) in [5, 5.41) is 23.3. The standard InChI is InChI=1S/C16H18Cl2N4O/c17-11-1-2-12(23)14(15(11)18)10-7-13-20-21-16(22(13)8-10)9-3-5-19-6-4-9/h1-2,9-10,19,23H,3-8H2/t10-/m1/s1. The lowest BCUT2D eigenvalue weighted by Crippen LogP contribution is -2.28. The Bertz CT molecular complexity index is 740. The third-order valence-electron chi connectivity index (χ3n) is 4.91. The van der Waals surface area contributed by atoms with Gasteiger partial charge < -0.3 is 15.0 Å². The van der Waals surface area contributed by atoms with Crippen LogP contribution in [-0.2, 0) is 13.0 Å². The van der Waals surface area contributed by atoms with E-state index in [0.717, 1.165) is 56.1 Å². The van der Waals surface area contributed by atoms with Crippen LogP contribution in [0.1, 0.15) is 41.9 Å². The monoisotopic (exact) mass is 352 g/mol. The van der Waals surface area contributed by atoms with E-state index in [1.807, 2.05) is 0 Å². The molecule has 0 amide bonds. The van der Waals surface area contributed by atoms with E-state index >= 15 is 0 Å². The third-order valence-corrected chi connectivity index (χ3v) is 5.73. The van der Waals surface area contributed by atoms with Gasteiger partial charge >= 0.3 is 0 Å². The van der Waals surface area contributed by atoms with E-state index in [0.29, 0.717) is 16.0 Å². The molecule has 7 heteroatoms. The summed E-state index contributed by atoms with van der Waals surface area (Å²) in [7, 11) is 0. The maximum atomic E-state index is 10.2. The van der Waals surface area contributed by atoms with Crippen molar-refractivity contribution in [3.63, 3.8) is 0 Å². The molecule has 1 atom stereocenters. The second kappa shape index (κ2) is 5.96. The van der Waals surface area contributed by atoms with E-state index in [9.17, 15) is 5.11 Å². The van der Waals surface area contributed by atoms with Gasteiger partial charge in [0, 0.05) is 30.4 Å². The molecule has 2 aliphatic rings. The fourth-order valence-corrected chi connectivity index (χ4v) is 4.20. The molecule has 122 valence electrons. The molecule has 1 aromatic heterocycles. The molecule has 0 bridgehead atoms. The Kier molecular flexibility index (Phi) is 3.95. The van der Waals surface area contributed by atoms with Crippen molar-refractivity contribution >= 4 is 23.2 Å². The van der Waals surface area contributed by atoms with Crippen LogP contribution in [-0.4, -0.2) is 33.0 Å². The summed E-state index contributed by atoms with van der Waals surface area (Å²) in [6.07, 6.45) is 2.91. The lowest BCUT2D eigenvalue weighted by molar-refractivity contribution is 0.426. The molecule has 0 aliphatic carbocycles. The Morgan fingerprint density at radius 2 is 1.91 bits per heavy atom. The van der Waals surface area contributed by atoms with E-state index in [2.05, 4.69) is 20.1 Å². The molecule has 1 saturated heterocycles. The van der Waals surface area contributed by atoms with Crippen molar-refractivity contribution < 1.29 is 5.11 Å². The van der Waals surface area contributed by atoms with Crippen LogP contribution >= 0.6 is 23.2 Å². The number of benzene rings is 1. The Labute approximate surface area is 144 Å². The zero-order valence-electron chi connectivity index (χ0n) is 12.6. The number of halogens is 2. The number of fused-ring (bicyclic) bond motifs is 1. The summed E-state index contributed by atoms with van der Waals surface area (Å²) < 4.78 is 2.21. The van der Waals surface area contributed by atoms with Crippen LogP contribution in [0, 0.1) is 0 Å². The average molecular weight is 353 g/mol. The van der Waals surface area contributed by atoms with Gasteiger partial charge in [0.2, 0.25) is 0 Å². The predicted octanol–water partition coefficient (Wildman–Crippen LogP) is 3.10. The van der Waals surface area contributed by atoms with Crippen LogP contribution in [0.5, 0.6) is 5.75 Å². The van der Waals surface area contributed by atoms with Crippen LogP contribution in [0.25, 0.3) is 0 Å². The molecular weight excluding hydrogens is 335 g/mol. The number of rotatable bonds is 2. The topological polar surface area (TPSA) is 63.0 Å². The highest BCUT2D eigenvalue weighted by atomic mass is 35.5. The molecule has 0 saturated carbocycles. The molecule has 0 radical (unpaired) electrons. The maximum absolute atomic E-state index is 10.2. The van der Waals surface area contributed by atoms with Gasteiger partial charge in [-0.1, -0.05) is 23.2 Å². The normalized spacial score (nSPS) is 21.6. The zero-order valence-corrected chi connectivity index (χ0v) is 14.1. The highest BCUT2D eigenvalue weighted by Crippen LogP contribution is 2.42. The highest BCUT2D eigenvalue weighted by molar-refractivity contribution is 6.42. The van der Waals surface area contributed by atoms with Crippen molar-refractivity contribution in [2.45, 2.75) is 37.6 Å². The first-order valence-electron chi connectivity index (χ1n) is 7.94. The lowest BCUT2D eigenvalue weighted by atomic mass is 9.96. The minimum atomic E-state index is 0.0900. The number of hydrogen-bond acceptors (Lipinski definition) is 4. The number of aromatic nitrogens is 3. The maximum Gasteiger partial charge on any atom is 0.136 e. The van der Waals surface area contributed by atoms with Crippen LogP contribution in [0.15, 0.2) is 12.1 Å². The molecule has 0 unspecified atom stereocenters. The smallest absolute Gasteiger partial charge is 0.136 e. The molecule has 0 spiro atoms. The molecule has 2 N–H and O–H groups in total. The van der Waals surface area contributed by atoms with E-state index in [1.54, 1.807) is 12.1 Å². The number of phenolic OH excluding ortho intramolecular Hbond substituents is 1. The van der Waals surface area contributed by atoms with Crippen LogP contribution in [0.3, 0.4) is 0 Å². The largest absolute Gasteiger partial charge is 0.508 e. The molecule has 4 rings (SSSR count). The van der Waals surface area contributed by atoms with E-state index in [4.69, 9.17) is 23.2 Å². The van der Waals surface area contributed by atoms with Crippen molar-refractivity contribution in [1.82, 2.24) is 20.1 Å². The van der Waals surface area contributed by atoms with Gasteiger partial charge in [-0.3, -0.25) is 0 Å². The van der Waals surface area contributed by atoms with Crippen molar-refractivity contribution in [2.75, 3.05) is 13.1 Å². The van der Waals surface area contributed by atoms with Crippen molar-refractivity contribution in [2.24, 2.45) is 0 Å². The number of phenols is 1. The summed E-state index contributed by atoms with van der Waals surface area (Å²) in [6.45, 7) is 2.80. The molecule has 2 aliphatic heterocycles. The lowest BCUT2D eigenvalue weighted by Gasteiger charge is -2.22. The SMILES string of the molecule is Oc1ccc(Cl)c(Cl)c1[C@@H]1Cc2nnc(C3CCNCC3)n2C1. The third kappa shape index (κ3) is 2.61. The average Bonchev–Trinajstić information content (AvgIpc) is 3.12. The predicted molar refractivity (Wildman–Crippen MR) is 89.4 cm³/mol. The van der Waals surface area contributed by atoms with Crippen LogP contribution in [0.2, 0.25) is 10.0 Å². The summed E-state index contributed by atoms with van der Waals surface area (Å²) in [4.78, 5) is 0. The van der Waals surface area contributed by atoms with Gasteiger partial charge in [-0.2, -0.15) is 0 Å². The molecule has 1 fully saturated rings. The fourth-order valence-electron chi connectivity index (χ4n) is 3.72. The minimum Gasteiger partial charge on any atom is -0.508 e. The van der Waals surface area contributed by atoms with Gasteiger partial charge in [0.05, 0.1) is 10.0 Å². The molecule has 1 aromatic carbocycles. The Morgan fingerprint density at radius 3 is 2.70 bits per heavy atom. The Hall–Kier alpha value is -1.30. The Morgan fingerprint density at radius 1 is 1.13 bits per heavy atom. The minimum absolute atomic E-state index is 0.0900. The molecule has 23 heavy (non-hydrogen) atoms. The number of piperidine rings is 1. The number of hydrogen-bond donors (Lipinski definition) is 2. The first-order valence-corrected chi connectivity index (χ1v) is 8.70. The van der Waals surface area contributed by atoms with E-state index < -0.39 is 0 Å². The Balaban J connectivity index is 1.64. The highest BCUT2D eigenvalue weighted by Gasteiger charge is 2.33. The summed E-state index contributed by atoms with van der Waals surface area (Å²) in [5.41, 5.74) is 0.723. The van der Waals surface area contributed by atoms with Gasteiger partial charge in [-0.05, 0) is 38.1 Å². The van der Waals surface area contributed by atoms with E-state index in [1.165, 1.54) is 0 Å². The van der Waals surface area contributed by atoms with Crippen molar-refractivity contribution in [3.05, 3.63) is 39.4 Å². The molecule has 5 nitrogen and oxygen atoms in total. The second-order valence-electron chi connectivity index (χ2n) is 6.30. The zero-order chi connectivity index (χ0) is 16.0.